The van der Waals surface area contributed by atoms with Gasteiger partial charge in [-0.1, -0.05) is 0 Å². The summed E-state index contributed by atoms with van der Waals surface area (Å²) in [5.74, 6) is 0.928. The molecule has 0 atom stereocenters. The highest BCUT2D eigenvalue weighted by Gasteiger charge is 2.07. The van der Waals surface area contributed by atoms with Crippen molar-refractivity contribution in [1.82, 2.24) is 14.5 Å². The maximum atomic E-state index is 12.0. The molecule has 7 heteroatoms. The van der Waals surface area contributed by atoms with Crippen LogP contribution in [0.25, 0.3) is 5.69 Å². The molecule has 0 saturated carbocycles. The molecule has 21 heavy (non-hydrogen) atoms. The second kappa shape index (κ2) is 6.08. The minimum atomic E-state index is -0.543. The van der Waals surface area contributed by atoms with E-state index in [0.717, 1.165) is 0 Å². The first-order valence-corrected chi connectivity index (χ1v) is 6.22. The zero-order chi connectivity index (χ0) is 15.4. The molecule has 7 nitrogen and oxygen atoms in total. The summed E-state index contributed by atoms with van der Waals surface area (Å²) in [4.78, 5) is 31.6. The van der Waals surface area contributed by atoms with Crippen LogP contribution in [0.4, 0.5) is 5.82 Å². The van der Waals surface area contributed by atoms with Crippen molar-refractivity contribution in [2.24, 2.45) is 4.99 Å². The molecule has 0 spiro atoms. The lowest BCUT2D eigenvalue weighted by molar-refractivity contribution is 0.414. The maximum absolute atomic E-state index is 12.0. The average Bonchev–Trinajstić information content (AvgIpc) is 2.45. The predicted molar refractivity (Wildman–Crippen MR) is 81.1 cm³/mol. The summed E-state index contributed by atoms with van der Waals surface area (Å²) in [6.45, 7) is 0. The molecule has 1 aromatic carbocycles. The SMILES string of the molecule is COc1ccc(-n2c(/N=C/N(C)C)cc(=O)[nH]c2=O)cc1. The van der Waals surface area contributed by atoms with Crippen molar-refractivity contribution in [3.8, 4) is 11.4 Å². The lowest BCUT2D eigenvalue weighted by Crippen LogP contribution is -2.28. The first-order valence-electron chi connectivity index (χ1n) is 6.22. The van der Waals surface area contributed by atoms with Crippen molar-refractivity contribution in [3.63, 3.8) is 0 Å². The van der Waals surface area contributed by atoms with Gasteiger partial charge in [-0.15, -0.1) is 0 Å². The van der Waals surface area contributed by atoms with Crippen molar-refractivity contribution >= 4 is 12.2 Å². The highest BCUT2D eigenvalue weighted by Crippen LogP contribution is 2.17. The Balaban J connectivity index is 2.60. The summed E-state index contributed by atoms with van der Waals surface area (Å²) in [7, 11) is 5.16. The van der Waals surface area contributed by atoms with Gasteiger partial charge in [-0.05, 0) is 24.3 Å². The number of aromatic nitrogens is 2. The molecule has 2 aromatic rings. The van der Waals surface area contributed by atoms with Gasteiger partial charge in [0.1, 0.15) is 11.6 Å². The minimum absolute atomic E-state index is 0.252. The van der Waals surface area contributed by atoms with Crippen LogP contribution in [0.2, 0.25) is 0 Å². The van der Waals surface area contributed by atoms with E-state index in [1.54, 1.807) is 50.4 Å². The van der Waals surface area contributed by atoms with E-state index in [9.17, 15) is 9.59 Å². The molecule has 1 aromatic heterocycles. The van der Waals surface area contributed by atoms with Gasteiger partial charge in [0.15, 0.2) is 0 Å². The van der Waals surface area contributed by atoms with Crippen molar-refractivity contribution in [1.29, 1.82) is 0 Å². The number of rotatable bonds is 4. The Labute approximate surface area is 121 Å². The molecule has 0 amide bonds. The molecule has 110 valence electrons. The van der Waals surface area contributed by atoms with Crippen molar-refractivity contribution in [3.05, 3.63) is 51.2 Å². The van der Waals surface area contributed by atoms with Gasteiger partial charge in [-0.25, -0.2) is 14.4 Å². The van der Waals surface area contributed by atoms with Crippen molar-refractivity contribution in [2.45, 2.75) is 0 Å². The van der Waals surface area contributed by atoms with E-state index in [4.69, 9.17) is 4.74 Å². The van der Waals surface area contributed by atoms with E-state index in [2.05, 4.69) is 9.98 Å². The number of methoxy groups -OCH3 is 1. The number of benzene rings is 1. The van der Waals surface area contributed by atoms with Crippen LogP contribution in [0.5, 0.6) is 5.75 Å². The third kappa shape index (κ3) is 3.38. The van der Waals surface area contributed by atoms with Crippen LogP contribution < -0.4 is 16.0 Å². The number of ether oxygens (including phenoxy) is 1. The van der Waals surface area contributed by atoms with Gasteiger partial charge in [-0.2, -0.15) is 0 Å². The lowest BCUT2D eigenvalue weighted by atomic mass is 10.3. The molecule has 1 heterocycles. The summed E-state index contributed by atoms with van der Waals surface area (Å²) in [5.41, 5.74) is -0.447. The Morgan fingerprint density at radius 3 is 2.48 bits per heavy atom. The molecular formula is C14H16N4O3. The first-order chi connectivity index (χ1) is 10.0. The molecule has 0 radical (unpaired) electrons. The summed E-state index contributed by atoms with van der Waals surface area (Å²) < 4.78 is 6.40. The summed E-state index contributed by atoms with van der Waals surface area (Å²) in [6.07, 6.45) is 1.52. The summed E-state index contributed by atoms with van der Waals surface area (Å²) in [5, 5.41) is 0. The van der Waals surface area contributed by atoms with Crippen LogP contribution in [0, 0.1) is 0 Å². The number of hydrogen-bond donors (Lipinski definition) is 1. The Morgan fingerprint density at radius 2 is 1.90 bits per heavy atom. The van der Waals surface area contributed by atoms with Gasteiger partial charge in [0, 0.05) is 20.2 Å². The van der Waals surface area contributed by atoms with E-state index < -0.39 is 11.2 Å². The van der Waals surface area contributed by atoms with Crippen LogP contribution in [0.3, 0.4) is 0 Å². The fraction of sp³-hybridized carbons (Fsp3) is 0.214. The van der Waals surface area contributed by atoms with Crippen LogP contribution in [0.1, 0.15) is 0 Å². The second-order valence-electron chi connectivity index (χ2n) is 4.54. The van der Waals surface area contributed by atoms with Crippen LogP contribution in [0.15, 0.2) is 44.9 Å². The molecule has 0 saturated heterocycles. The van der Waals surface area contributed by atoms with Crippen LogP contribution in [-0.4, -0.2) is 42.0 Å². The molecule has 2 rings (SSSR count). The lowest BCUT2D eigenvalue weighted by Gasteiger charge is -2.10. The maximum Gasteiger partial charge on any atom is 0.334 e. The Kier molecular flexibility index (Phi) is 4.22. The van der Waals surface area contributed by atoms with Gasteiger partial charge >= 0.3 is 5.69 Å². The van der Waals surface area contributed by atoms with E-state index in [1.165, 1.54) is 17.0 Å². The fourth-order valence-corrected chi connectivity index (χ4v) is 1.73. The molecule has 0 unspecified atom stereocenters. The summed E-state index contributed by atoms with van der Waals surface area (Å²) >= 11 is 0. The Morgan fingerprint density at radius 1 is 1.24 bits per heavy atom. The summed E-state index contributed by atoms with van der Waals surface area (Å²) in [6, 6.07) is 8.16. The standard InChI is InChI=1S/C14H16N4O3/c1-17(2)9-15-12-8-13(19)16-14(20)18(12)10-4-6-11(21-3)7-5-10/h4-9H,1-3H3,(H,16,19,20)/b15-9+. The van der Waals surface area contributed by atoms with Gasteiger partial charge in [-0.3, -0.25) is 9.78 Å². The largest absolute Gasteiger partial charge is 0.497 e. The van der Waals surface area contributed by atoms with Gasteiger partial charge < -0.3 is 9.64 Å². The normalized spacial score (nSPS) is 10.8. The van der Waals surface area contributed by atoms with Gasteiger partial charge in [0.05, 0.1) is 19.1 Å². The monoisotopic (exact) mass is 288 g/mol. The zero-order valence-corrected chi connectivity index (χ0v) is 12.0. The van der Waals surface area contributed by atoms with E-state index >= 15 is 0 Å². The van der Waals surface area contributed by atoms with Crippen molar-refractivity contribution in [2.75, 3.05) is 21.2 Å². The second-order valence-corrected chi connectivity index (χ2v) is 4.54. The number of aliphatic imine (C=N–C) groups is 1. The zero-order valence-electron chi connectivity index (χ0n) is 12.0. The third-order valence-corrected chi connectivity index (χ3v) is 2.67. The Hall–Kier alpha value is -2.83. The van der Waals surface area contributed by atoms with E-state index in [1.807, 2.05) is 0 Å². The van der Waals surface area contributed by atoms with E-state index in [0.29, 0.717) is 11.4 Å². The highest BCUT2D eigenvalue weighted by atomic mass is 16.5. The number of H-pyrrole nitrogens is 1. The number of nitrogens with zero attached hydrogens (tertiary/aromatic N) is 3. The third-order valence-electron chi connectivity index (χ3n) is 2.67. The molecular weight excluding hydrogens is 272 g/mol. The van der Waals surface area contributed by atoms with Crippen LogP contribution in [-0.2, 0) is 0 Å². The number of nitrogens with one attached hydrogen (secondary N) is 1. The molecule has 0 aliphatic rings. The molecule has 0 aliphatic carbocycles. The van der Waals surface area contributed by atoms with Crippen molar-refractivity contribution < 1.29 is 4.74 Å². The molecule has 0 bridgehead atoms. The quantitative estimate of drug-likeness (QED) is 0.665. The molecule has 1 N–H and O–H groups in total. The first kappa shape index (κ1) is 14.6. The Bertz CT molecular complexity index is 757. The fourth-order valence-electron chi connectivity index (χ4n) is 1.73. The topological polar surface area (TPSA) is 79.7 Å². The van der Waals surface area contributed by atoms with Gasteiger partial charge in [0.2, 0.25) is 0 Å². The van der Waals surface area contributed by atoms with Gasteiger partial charge in [0.25, 0.3) is 5.56 Å². The molecule has 0 fully saturated rings. The minimum Gasteiger partial charge on any atom is -0.497 e. The molecule has 0 aliphatic heterocycles. The highest BCUT2D eigenvalue weighted by molar-refractivity contribution is 5.60. The smallest absolute Gasteiger partial charge is 0.334 e. The number of aromatic amines is 1. The average molecular weight is 288 g/mol. The number of hydrogen-bond acceptors (Lipinski definition) is 4. The van der Waals surface area contributed by atoms with Crippen LogP contribution >= 0.6 is 0 Å². The predicted octanol–water partition coefficient (Wildman–Crippen LogP) is 0.756. The van der Waals surface area contributed by atoms with E-state index in [-0.39, 0.29) is 5.82 Å².